The van der Waals surface area contributed by atoms with Crippen molar-refractivity contribution in [1.82, 2.24) is 15.2 Å². The molecule has 9 heavy (non-hydrogen) atoms. The molecule has 0 bridgehead atoms. The lowest BCUT2D eigenvalue weighted by Gasteiger charge is -2.32. The van der Waals surface area contributed by atoms with Crippen molar-refractivity contribution >= 4 is 16.0 Å². The molecule has 3 nitrogen and oxygen atoms in total. The fourth-order valence-corrected chi connectivity index (χ4v) is 1.03. The average molecular weight is 125 g/mol. The van der Waals surface area contributed by atoms with Crippen LogP contribution in [-0.2, 0) is 0 Å². The van der Waals surface area contributed by atoms with E-state index in [1.54, 1.807) is 0 Å². The van der Waals surface area contributed by atoms with E-state index in [1.165, 1.54) is 13.1 Å². The van der Waals surface area contributed by atoms with Crippen molar-refractivity contribution in [3.8, 4) is 0 Å². The first-order chi connectivity index (χ1) is 4.33. The summed E-state index contributed by atoms with van der Waals surface area (Å²) in [6, 6.07) is 0. The molecule has 0 spiro atoms. The number of nitrogens with one attached hydrogen (secondary N) is 1. The second-order valence-electron chi connectivity index (χ2n) is 2.51. The number of nitrogens with zero attached hydrogens (tertiary/aromatic N) is 2. The van der Waals surface area contributed by atoms with Crippen LogP contribution in [0.2, 0.25) is 0 Å². The summed E-state index contributed by atoms with van der Waals surface area (Å²) in [5.74, 6) is 0. The van der Waals surface area contributed by atoms with Crippen molar-refractivity contribution in [1.29, 1.82) is 0 Å². The smallest absolute Gasteiger partial charge is 0.201 e. The largest absolute Gasteiger partial charge is 0.346 e. The molecule has 0 atom stereocenters. The monoisotopic (exact) mass is 125 g/mol. The van der Waals surface area contributed by atoms with Gasteiger partial charge >= 0.3 is 0 Å². The minimum Gasteiger partial charge on any atom is -0.346 e. The van der Waals surface area contributed by atoms with E-state index in [-0.39, 0.29) is 0 Å². The zero-order chi connectivity index (χ0) is 6.69. The van der Waals surface area contributed by atoms with Crippen molar-refractivity contribution in [2.24, 2.45) is 0 Å². The maximum Gasteiger partial charge on any atom is 0.201 e. The molecule has 1 aliphatic heterocycles. The van der Waals surface area contributed by atoms with Crippen LogP contribution in [0.4, 0.5) is 0 Å². The molecule has 5 heteroatoms. The Kier molecular flexibility index (Phi) is 2.57. The van der Waals surface area contributed by atoms with Crippen LogP contribution in [0.15, 0.2) is 0 Å². The first kappa shape index (κ1) is 7.12. The van der Waals surface area contributed by atoms with Crippen LogP contribution < -0.4 is 5.34 Å². The molecule has 1 aliphatic rings. The molecule has 0 aliphatic carbocycles. The Hall–Kier alpha value is 0.00987. The lowest BCUT2D eigenvalue weighted by Crippen LogP contribution is -2.50. The zero-order valence-corrected chi connectivity index (χ0v) is 6.22. The van der Waals surface area contributed by atoms with Gasteiger partial charge in [0.2, 0.25) is 7.98 Å². The molecule has 50 valence electrons. The highest BCUT2D eigenvalue weighted by Gasteiger charge is 2.10. The summed E-state index contributed by atoms with van der Waals surface area (Å²) in [4.78, 5) is 2.34. The van der Waals surface area contributed by atoms with E-state index in [0.717, 1.165) is 13.1 Å². The molecule has 1 rings (SSSR count). The summed E-state index contributed by atoms with van der Waals surface area (Å²) >= 11 is 0. The summed E-state index contributed by atoms with van der Waals surface area (Å²) in [5, 5.41) is 5.37. The molecule has 1 fully saturated rings. The lowest BCUT2D eigenvalue weighted by atomic mass is 10.2. The maximum absolute atomic E-state index is 3.13. The summed E-state index contributed by atoms with van der Waals surface area (Å²) in [6.45, 7) is 4.65. The van der Waals surface area contributed by atoms with Crippen LogP contribution in [0.25, 0.3) is 0 Å². The first-order valence-corrected chi connectivity index (χ1v) is 3.44. The molecule has 0 aromatic rings. The second-order valence-corrected chi connectivity index (χ2v) is 2.51. The predicted octanol–water partition coefficient (Wildman–Crippen LogP) is -2.80. The highest BCUT2D eigenvalue weighted by Crippen LogP contribution is 1.92. The van der Waals surface area contributed by atoms with Crippen LogP contribution in [0.1, 0.15) is 0 Å². The Morgan fingerprint density at radius 1 is 1.11 bits per heavy atom. The summed E-state index contributed by atoms with van der Waals surface area (Å²) in [7, 11) is 4.14. The quantitative estimate of drug-likeness (QED) is 0.382. The van der Waals surface area contributed by atoms with Crippen molar-refractivity contribution in [3.05, 3.63) is 0 Å². The standard InChI is InChI=1S/C4H13B2N3/c5-7-9-3-1-8(6)2-4-9/h7H,1-6H2. The predicted molar refractivity (Wildman–Crippen MR) is 43.4 cm³/mol. The average Bonchev–Trinajstić information content (AvgIpc) is 1.90. The van der Waals surface area contributed by atoms with Gasteiger partial charge in [0.15, 0.2) is 7.98 Å². The van der Waals surface area contributed by atoms with E-state index in [2.05, 4.69) is 23.1 Å². The lowest BCUT2D eigenvalue weighted by molar-refractivity contribution is 0.169. The van der Waals surface area contributed by atoms with Gasteiger partial charge in [0.05, 0.1) is 0 Å². The van der Waals surface area contributed by atoms with E-state index in [1.807, 2.05) is 7.98 Å². The number of piperazine rings is 1. The van der Waals surface area contributed by atoms with E-state index in [0.29, 0.717) is 0 Å². The third-order valence-corrected chi connectivity index (χ3v) is 1.82. The highest BCUT2D eigenvalue weighted by molar-refractivity contribution is 6.04. The van der Waals surface area contributed by atoms with Crippen LogP contribution in [-0.4, -0.2) is 52.0 Å². The van der Waals surface area contributed by atoms with E-state index < -0.39 is 0 Å². The number of hydrogen-bond acceptors (Lipinski definition) is 3. The van der Waals surface area contributed by atoms with E-state index >= 15 is 0 Å². The van der Waals surface area contributed by atoms with Crippen LogP contribution in [0.5, 0.6) is 0 Å². The fraction of sp³-hybridized carbons (Fsp3) is 1.00. The van der Waals surface area contributed by atoms with Gasteiger partial charge < -0.3 is 10.1 Å². The second kappa shape index (κ2) is 3.25. The van der Waals surface area contributed by atoms with Gasteiger partial charge in [0.25, 0.3) is 0 Å². The fourth-order valence-electron chi connectivity index (χ4n) is 1.03. The van der Waals surface area contributed by atoms with Gasteiger partial charge in [-0.05, 0) is 0 Å². The topological polar surface area (TPSA) is 18.5 Å². The molecule has 0 amide bonds. The van der Waals surface area contributed by atoms with Gasteiger partial charge in [0, 0.05) is 26.2 Å². The molecule has 0 saturated carbocycles. The SMILES string of the molecule is BNN1CCN(B)CC1. The molecular weight excluding hydrogens is 112 g/mol. The number of hydrogen-bond donors (Lipinski definition) is 1. The Morgan fingerprint density at radius 3 is 2.11 bits per heavy atom. The Balaban J connectivity index is 2.18. The molecular formula is C4H13B2N3. The molecule has 0 radical (unpaired) electrons. The molecule has 0 unspecified atom stereocenters. The van der Waals surface area contributed by atoms with Crippen molar-refractivity contribution in [2.45, 2.75) is 0 Å². The Labute approximate surface area is 58.2 Å². The third-order valence-electron chi connectivity index (χ3n) is 1.82. The minimum absolute atomic E-state index is 1.15. The molecule has 1 saturated heterocycles. The van der Waals surface area contributed by atoms with Crippen LogP contribution in [0, 0.1) is 0 Å². The van der Waals surface area contributed by atoms with Crippen molar-refractivity contribution in [2.75, 3.05) is 26.2 Å². The summed E-state index contributed by atoms with van der Waals surface area (Å²) in [5.41, 5.74) is 0. The van der Waals surface area contributed by atoms with Gasteiger partial charge in [-0.15, -0.1) is 0 Å². The van der Waals surface area contributed by atoms with Gasteiger partial charge in [-0.3, -0.25) is 5.01 Å². The van der Waals surface area contributed by atoms with Gasteiger partial charge in [-0.1, -0.05) is 0 Å². The Bertz CT molecular complexity index is 81.9. The number of rotatable bonds is 1. The maximum atomic E-state index is 3.13. The van der Waals surface area contributed by atoms with Gasteiger partial charge in [0.1, 0.15) is 0 Å². The van der Waals surface area contributed by atoms with E-state index in [9.17, 15) is 0 Å². The minimum atomic E-state index is 1.15. The first-order valence-electron chi connectivity index (χ1n) is 3.44. The normalized spacial score (nSPS) is 24.4. The molecule has 1 heterocycles. The van der Waals surface area contributed by atoms with Crippen molar-refractivity contribution in [3.63, 3.8) is 0 Å². The van der Waals surface area contributed by atoms with Crippen molar-refractivity contribution < 1.29 is 0 Å². The highest BCUT2D eigenvalue weighted by atomic mass is 15.5. The third kappa shape index (κ3) is 2.01. The molecule has 0 aromatic carbocycles. The summed E-state index contributed by atoms with van der Waals surface area (Å²) < 4.78 is 0. The van der Waals surface area contributed by atoms with E-state index in [4.69, 9.17) is 0 Å². The van der Waals surface area contributed by atoms with Crippen LogP contribution in [0.3, 0.4) is 0 Å². The summed E-state index contributed by atoms with van der Waals surface area (Å²) in [6.07, 6.45) is 0. The Morgan fingerprint density at radius 2 is 1.67 bits per heavy atom. The van der Waals surface area contributed by atoms with Gasteiger partial charge in [-0.25, -0.2) is 0 Å². The van der Waals surface area contributed by atoms with Gasteiger partial charge in [-0.2, -0.15) is 0 Å². The zero-order valence-electron chi connectivity index (χ0n) is 6.22. The molecule has 0 aromatic heterocycles. The number of hydrazine groups is 1. The van der Waals surface area contributed by atoms with Crippen LogP contribution >= 0.6 is 0 Å². The molecule has 1 N–H and O–H groups in total.